The van der Waals surface area contributed by atoms with Gasteiger partial charge in [-0.05, 0) is 80.8 Å². The second kappa shape index (κ2) is 9.82. The Morgan fingerprint density at radius 1 is 1.05 bits per heavy atom. The van der Waals surface area contributed by atoms with Crippen LogP contribution in [-0.4, -0.2) is 6.67 Å². The lowest BCUT2D eigenvalue weighted by Crippen LogP contribution is -2.13. The number of benzene rings is 1. The Hall–Kier alpha value is -1.11. The fraction of sp³-hybridized carbons (Fsp3) is 0.619. The van der Waals surface area contributed by atoms with Crippen molar-refractivity contribution in [2.24, 2.45) is 11.8 Å². The first-order chi connectivity index (χ1) is 10.8. The number of alkyl halides is 1. The van der Waals surface area contributed by atoms with Crippen molar-refractivity contribution < 1.29 is 4.39 Å². The van der Waals surface area contributed by atoms with Crippen molar-refractivity contribution in [2.45, 2.75) is 64.7 Å². The summed E-state index contributed by atoms with van der Waals surface area (Å²) in [6.45, 7) is 2.02. The van der Waals surface area contributed by atoms with Crippen LogP contribution in [0.1, 0.15) is 63.0 Å². The second-order valence-electron chi connectivity index (χ2n) is 6.75. The third kappa shape index (κ3) is 5.94. The maximum Gasteiger partial charge on any atom is 0.0897 e. The number of rotatable bonds is 8. The predicted octanol–water partition coefficient (Wildman–Crippen LogP) is 6.29. The highest BCUT2D eigenvalue weighted by molar-refractivity contribution is 5.22. The Balaban J connectivity index is 1.65. The lowest BCUT2D eigenvalue weighted by Gasteiger charge is -2.26. The van der Waals surface area contributed by atoms with Crippen LogP contribution in [0.2, 0.25) is 0 Å². The van der Waals surface area contributed by atoms with Crippen LogP contribution in [-0.2, 0) is 12.8 Å². The molecule has 0 atom stereocenters. The standard InChI is InChI=1S/C21H31F/c1-2-18-7-9-20(10-8-18)15-16-21-13-11-19(12-14-21)6-4-3-5-17-22/h4,6-10,19,21H,2-3,5,11-17H2,1H3. The van der Waals surface area contributed by atoms with Gasteiger partial charge in [0, 0.05) is 0 Å². The number of aryl methyl sites for hydroxylation is 2. The molecule has 1 aliphatic carbocycles. The van der Waals surface area contributed by atoms with E-state index >= 15 is 0 Å². The molecule has 0 aliphatic heterocycles. The molecule has 0 N–H and O–H groups in total. The summed E-state index contributed by atoms with van der Waals surface area (Å²) in [5.41, 5.74) is 2.93. The first-order valence-corrected chi connectivity index (χ1v) is 9.12. The Morgan fingerprint density at radius 2 is 1.73 bits per heavy atom. The van der Waals surface area contributed by atoms with Gasteiger partial charge in [0.2, 0.25) is 0 Å². The van der Waals surface area contributed by atoms with Gasteiger partial charge in [-0.2, -0.15) is 0 Å². The molecule has 0 aromatic heterocycles. The molecule has 0 nitrogen and oxygen atoms in total. The first-order valence-electron chi connectivity index (χ1n) is 9.12. The topological polar surface area (TPSA) is 0 Å². The minimum absolute atomic E-state index is 0.184. The van der Waals surface area contributed by atoms with E-state index in [0.29, 0.717) is 6.42 Å². The highest BCUT2D eigenvalue weighted by Crippen LogP contribution is 2.32. The highest BCUT2D eigenvalue weighted by Gasteiger charge is 2.19. The zero-order chi connectivity index (χ0) is 15.6. The van der Waals surface area contributed by atoms with E-state index in [2.05, 4.69) is 43.3 Å². The lowest BCUT2D eigenvalue weighted by atomic mass is 9.79. The molecule has 1 heteroatoms. The van der Waals surface area contributed by atoms with E-state index < -0.39 is 0 Å². The molecular formula is C21H31F. The van der Waals surface area contributed by atoms with Crippen molar-refractivity contribution in [1.82, 2.24) is 0 Å². The van der Waals surface area contributed by atoms with Crippen LogP contribution >= 0.6 is 0 Å². The van der Waals surface area contributed by atoms with Crippen LogP contribution in [0.15, 0.2) is 36.4 Å². The number of hydrogen-bond donors (Lipinski definition) is 0. The lowest BCUT2D eigenvalue weighted by molar-refractivity contribution is 0.296. The second-order valence-corrected chi connectivity index (χ2v) is 6.75. The maximum absolute atomic E-state index is 12.0. The average Bonchev–Trinajstić information content (AvgIpc) is 2.58. The van der Waals surface area contributed by atoms with Crippen LogP contribution in [0, 0.1) is 11.8 Å². The summed E-state index contributed by atoms with van der Waals surface area (Å²) < 4.78 is 12.0. The molecule has 22 heavy (non-hydrogen) atoms. The van der Waals surface area contributed by atoms with Crippen LogP contribution in [0.25, 0.3) is 0 Å². The van der Waals surface area contributed by atoms with Crippen molar-refractivity contribution in [3.05, 3.63) is 47.5 Å². The van der Waals surface area contributed by atoms with Crippen LogP contribution in [0.4, 0.5) is 4.39 Å². The van der Waals surface area contributed by atoms with Gasteiger partial charge in [-0.3, -0.25) is 4.39 Å². The minimum Gasteiger partial charge on any atom is -0.251 e. The zero-order valence-electron chi connectivity index (χ0n) is 14.1. The monoisotopic (exact) mass is 302 g/mol. The smallest absolute Gasteiger partial charge is 0.0897 e. The average molecular weight is 302 g/mol. The van der Waals surface area contributed by atoms with Gasteiger partial charge < -0.3 is 0 Å². The van der Waals surface area contributed by atoms with Gasteiger partial charge in [-0.25, -0.2) is 0 Å². The van der Waals surface area contributed by atoms with Crippen molar-refractivity contribution in [1.29, 1.82) is 0 Å². The van der Waals surface area contributed by atoms with Gasteiger partial charge in [0.15, 0.2) is 0 Å². The molecule has 0 amide bonds. The molecule has 122 valence electrons. The molecule has 1 aliphatic rings. The third-order valence-corrected chi connectivity index (χ3v) is 5.08. The summed E-state index contributed by atoms with van der Waals surface area (Å²) in [5, 5.41) is 0. The molecular weight excluding hydrogens is 271 g/mol. The van der Waals surface area contributed by atoms with Crippen molar-refractivity contribution >= 4 is 0 Å². The molecule has 0 heterocycles. The zero-order valence-corrected chi connectivity index (χ0v) is 14.1. The summed E-state index contributed by atoms with van der Waals surface area (Å²) in [6.07, 6.45) is 15.2. The molecule has 0 saturated heterocycles. The molecule has 0 spiro atoms. The molecule has 1 saturated carbocycles. The predicted molar refractivity (Wildman–Crippen MR) is 93.9 cm³/mol. The normalized spacial score (nSPS) is 22.3. The summed E-state index contributed by atoms with van der Waals surface area (Å²) in [5.74, 6) is 1.65. The van der Waals surface area contributed by atoms with Crippen molar-refractivity contribution in [2.75, 3.05) is 6.67 Å². The van der Waals surface area contributed by atoms with E-state index in [1.54, 1.807) is 0 Å². The molecule has 2 rings (SSSR count). The van der Waals surface area contributed by atoms with E-state index in [1.807, 2.05) is 0 Å². The van der Waals surface area contributed by atoms with Crippen LogP contribution in [0.5, 0.6) is 0 Å². The van der Waals surface area contributed by atoms with E-state index in [-0.39, 0.29) is 6.67 Å². The highest BCUT2D eigenvalue weighted by atomic mass is 19.1. The fourth-order valence-corrected chi connectivity index (χ4v) is 3.47. The maximum atomic E-state index is 12.0. The third-order valence-electron chi connectivity index (χ3n) is 5.08. The Morgan fingerprint density at radius 3 is 2.36 bits per heavy atom. The van der Waals surface area contributed by atoms with Gasteiger partial charge in [0.25, 0.3) is 0 Å². The minimum atomic E-state index is -0.184. The summed E-state index contributed by atoms with van der Waals surface area (Å²) in [4.78, 5) is 0. The Kier molecular flexibility index (Phi) is 7.70. The van der Waals surface area contributed by atoms with Gasteiger partial charge in [0.1, 0.15) is 0 Å². The number of unbranched alkanes of at least 4 members (excludes halogenated alkanes) is 1. The van der Waals surface area contributed by atoms with Gasteiger partial charge in [-0.15, -0.1) is 0 Å². The van der Waals surface area contributed by atoms with Crippen molar-refractivity contribution in [3.8, 4) is 0 Å². The van der Waals surface area contributed by atoms with Gasteiger partial charge >= 0.3 is 0 Å². The first kappa shape index (κ1) is 17.2. The van der Waals surface area contributed by atoms with Gasteiger partial charge in [0.05, 0.1) is 6.67 Å². The summed E-state index contributed by atoms with van der Waals surface area (Å²) in [6, 6.07) is 9.15. The molecule has 0 bridgehead atoms. The van der Waals surface area contributed by atoms with Gasteiger partial charge in [-0.1, -0.05) is 43.3 Å². The van der Waals surface area contributed by atoms with Crippen LogP contribution in [0.3, 0.4) is 0 Å². The number of hydrogen-bond acceptors (Lipinski definition) is 0. The fourth-order valence-electron chi connectivity index (χ4n) is 3.47. The quantitative estimate of drug-likeness (QED) is 0.391. The Bertz CT molecular complexity index is 424. The summed E-state index contributed by atoms with van der Waals surface area (Å²) >= 11 is 0. The van der Waals surface area contributed by atoms with E-state index in [9.17, 15) is 4.39 Å². The number of allylic oxidation sites excluding steroid dienone is 2. The van der Waals surface area contributed by atoms with Crippen LogP contribution < -0.4 is 0 Å². The van der Waals surface area contributed by atoms with Crippen molar-refractivity contribution in [3.63, 3.8) is 0 Å². The molecule has 1 fully saturated rings. The van der Waals surface area contributed by atoms with E-state index in [1.165, 1.54) is 49.7 Å². The molecule has 0 unspecified atom stereocenters. The SMILES string of the molecule is CCc1ccc(CCC2CCC(C=CCCCF)CC2)cc1. The molecule has 1 aromatic rings. The Labute approximate surface area is 135 Å². The molecule has 1 aromatic carbocycles. The molecule has 0 radical (unpaired) electrons. The number of halogens is 1. The largest absolute Gasteiger partial charge is 0.251 e. The van der Waals surface area contributed by atoms with E-state index in [0.717, 1.165) is 24.7 Å². The van der Waals surface area contributed by atoms with E-state index in [4.69, 9.17) is 0 Å². The summed E-state index contributed by atoms with van der Waals surface area (Å²) in [7, 11) is 0.